The summed E-state index contributed by atoms with van der Waals surface area (Å²) in [5, 5.41) is 5.31. The molecule has 0 N–H and O–H groups in total. The molecule has 0 unspecified atom stereocenters. The number of hydrogen-bond acceptors (Lipinski definition) is 1. The van der Waals surface area contributed by atoms with E-state index in [0.29, 0.717) is 0 Å². The molecule has 35 heavy (non-hydrogen) atoms. The molecule has 2 heterocycles. The highest BCUT2D eigenvalue weighted by molar-refractivity contribution is 6.15. The Balaban J connectivity index is 1.52. The molecule has 1 aliphatic heterocycles. The van der Waals surface area contributed by atoms with Crippen LogP contribution in [-0.2, 0) is 11.8 Å². The van der Waals surface area contributed by atoms with E-state index in [4.69, 9.17) is 0 Å². The lowest BCUT2D eigenvalue weighted by molar-refractivity contribution is 0.667. The molecular weight excluding hydrogens is 424 g/mol. The third kappa shape index (κ3) is 2.37. The van der Waals surface area contributed by atoms with Crippen molar-refractivity contribution in [2.75, 3.05) is 0 Å². The lowest BCUT2D eigenvalue weighted by Crippen LogP contribution is -2.15. The second kappa shape index (κ2) is 6.49. The standard InChI is InChI=1S/C33H24N2/c1-33(2)26-19-21-9-4-3-8-20(21)18-25(26)22-14-15-30-31(32(22)33)24-10-5-6-12-29(24)35(30)28-13-7-11-27-23(28)16-17-34-27/h3-15,17-19H,16H2,1-2H3. The number of fused-ring (bicyclic) bond motifs is 9. The summed E-state index contributed by atoms with van der Waals surface area (Å²) in [6.07, 6.45) is 2.91. The zero-order valence-electron chi connectivity index (χ0n) is 19.8. The number of aliphatic imine (C=N–C) groups is 1. The minimum absolute atomic E-state index is 0.0924. The molecule has 0 saturated heterocycles. The maximum absolute atomic E-state index is 4.63. The van der Waals surface area contributed by atoms with Crippen LogP contribution in [0.1, 0.15) is 30.5 Å². The van der Waals surface area contributed by atoms with Crippen LogP contribution >= 0.6 is 0 Å². The van der Waals surface area contributed by atoms with Crippen LogP contribution in [0.15, 0.2) is 96.0 Å². The van der Waals surface area contributed by atoms with Gasteiger partial charge in [0.25, 0.3) is 0 Å². The van der Waals surface area contributed by atoms with E-state index in [2.05, 4.69) is 114 Å². The largest absolute Gasteiger partial charge is 0.309 e. The minimum atomic E-state index is -0.0924. The number of aromatic nitrogens is 1. The zero-order chi connectivity index (χ0) is 23.3. The Morgan fingerprint density at radius 2 is 1.54 bits per heavy atom. The summed E-state index contributed by atoms with van der Waals surface area (Å²) in [7, 11) is 0. The van der Waals surface area contributed by atoms with E-state index in [9.17, 15) is 0 Å². The lowest BCUT2D eigenvalue weighted by Gasteiger charge is -2.23. The molecule has 5 aromatic carbocycles. The van der Waals surface area contributed by atoms with Crippen molar-refractivity contribution in [2.45, 2.75) is 25.7 Å². The molecular formula is C33H24N2. The SMILES string of the molecule is CC1(C)c2cc3ccccc3cc2-c2ccc3c(c21)c1ccccc1n3-c1cccc2c1CC=N2. The number of para-hydroxylation sites is 1. The highest BCUT2D eigenvalue weighted by atomic mass is 15.0. The van der Waals surface area contributed by atoms with Crippen LogP contribution in [-0.4, -0.2) is 10.8 Å². The van der Waals surface area contributed by atoms with Crippen molar-refractivity contribution in [3.63, 3.8) is 0 Å². The molecule has 1 aliphatic carbocycles. The van der Waals surface area contributed by atoms with E-state index in [1.54, 1.807) is 0 Å². The van der Waals surface area contributed by atoms with E-state index in [1.165, 1.54) is 66.1 Å². The fraction of sp³-hybridized carbons (Fsp3) is 0.121. The third-order valence-electron chi connectivity index (χ3n) is 8.21. The van der Waals surface area contributed by atoms with Crippen LogP contribution in [0, 0.1) is 0 Å². The minimum Gasteiger partial charge on any atom is -0.309 e. The molecule has 2 heteroatoms. The van der Waals surface area contributed by atoms with Gasteiger partial charge in [0.15, 0.2) is 0 Å². The molecule has 8 rings (SSSR count). The van der Waals surface area contributed by atoms with Gasteiger partial charge in [-0.3, -0.25) is 4.99 Å². The fourth-order valence-electron chi connectivity index (χ4n) is 6.65. The van der Waals surface area contributed by atoms with Crippen molar-refractivity contribution < 1.29 is 0 Å². The third-order valence-corrected chi connectivity index (χ3v) is 8.21. The van der Waals surface area contributed by atoms with Gasteiger partial charge in [0.1, 0.15) is 0 Å². The summed E-state index contributed by atoms with van der Waals surface area (Å²) in [6.45, 7) is 4.79. The van der Waals surface area contributed by atoms with E-state index >= 15 is 0 Å². The quantitative estimate of drug-likeness (QED) is 0.240. The Morgan fingerprint density at radius 1 is 0.743 bits per heavy atom. The Hall–Kier alpha value is -4.17. The number of hydrogen-bond donors (Lipinski definition) is 0. The first-order valence-corrected chi connectivity index (χ1v) is 12.4. The first-order valence-electron chi connectivity index (χ1n) is 12.4. The van der Waals surface area contributed by atoms with Gasteiger partial charge < -0.3 is 4.57 Å². The number of benzene rings is 5. The predicted molar refractivity (Wildman–Crippen MR) is 148 cm³/mol. The van der Waals surface area contributed by atoms with E-state index in [1.807, 2.05) is 6.21 Å². The van der Waals surface area contributed by atoms with Crippen molar-refractivity contribution >= 4 is 44.5 Å². The molecule has 0 amide bonds. The first-order chi connectivity index (χ1) is 17.1. The molecule has 2 aliphatic rings. The fourth-order valence-corrected chi connectivity index (χ4v) is 6.65. The molecule has 1 aromatic heterocycles. The molecule has 0 saturated carbocycles. The van der Waals surface area contributed by atoms with Gasteiger partial charge >= 0.3 is 0 Å². The number of rotatable bonds is 1. The van der Waals surface area contributed by atoms with Crippen LogP contribution in [0.25, 0.3) is 49.4 Å². The summed E-state index contributed by atoms with van der Waals surface area (Å²) in [6, 6.07) is 33.6. The first kappa shape index (κ1) is 19.2. The Labute approximate surface area is 204 Å². The molecule has 166 valence electrons. The van der Waals surface area contributed by atoms with Gasteiger partial charge in [-0.1, -0.05) is 68.4 Å². The average molecular weight is 449 g/mol. The molecule has 0 bridgehead atoms. The molecule has 0 spiro atoms. The monoisotopic (exact) mass is 448 g/mol. The van der Waals surface area contributed by atoms with Crippen molar-refractivity contribution in [3.8, 4) is 16.8 Å². The van der Waals surface area contributed by atoms with Gasteiger partial charge in [-0.05, 0) is 69.4 Å². The second-order valence-electron chi connectivity index (χ2n) is 10.4. The normalized spacial score (nSPS) is 15.1. The second-order valence-corrected chi connectivity index (χ2v) is 10.4. The van der Waals surface area contributed by atoms with E-state index in [0.717, 1.165) is 12.1 Å². The lowest BCUT2D eigenvalue weighted by atomic mass is 9.80. The van der Waals surface area contributed by atoms with Gasteiger partial charge in [-0.15, -0.1) is 0 Å². The highest BCUT2D eigenvalue weighted by Crippen LogP contribution is 2.54. The van der Waals surface area contributed by atoms with Gasteiger partial charge in [-0.25, -0.2) is 0 Å². The summed E-state index contributed by atoms with van der Waals surface area (Å²) >= 11 is 0. The van der Waals surface area contributed by atoms with Crippen molar-refractivity contribution in [2.24, 2.45) is 4.99 Å². The molecule has 2 nitrogen and oxygen atoms in total. The molecule has 0 fully saturated rings. The zero-order valence-corrected chi connectivity index (χ0v) is 19.8. The summed E-state index contributed by atoms with van der Waals surface area (Å²) < 4.78 is 2.47. The molecule has 0 radical (unpaired) electrons. The van der Waals surface area contributed by atoms with Crippen molar-refractivity contribution in [1.82, 2.24) is 4.57 Å². The Morgan fingerprint density at radius 3 is 2.43 bits per heavy atom. The number of nitrogens with zero attached hydrogens (tertiary/aromatic N) is 2. The van der Waals surface area contributed by atoms with E-state index in [-0.39, 0.29) is 5.41 Å². The smallest absolute Gasteiger partial charge is 0.0682 e. The predicted octanol–water partition coefficient (Wildman–Crippen LogP) is 8.50. The van der Waals surface area contributed by atoms with Gasteiger partial charge in [0, 0.05) is 34.4 Å². The topological polar surface area (TPSA) is 17.3 Å². The Kier molecular flexibility index (Phi) is 3.55. The van der Waals surface area contributed by atoms with Gasteiger partial charge in [-0.2, -0.15) is 0 Å². The van der Waals surface area contributed by atoms with Crippen LogP contribution in [0.4, 0.5) is 5.69 Å². The summed E-state index contributed by atoms with van der Waals surface area (Å²) in [5.41, 5.74) is 11.7. The average Bonchev–Trinajstić information content (AvgIpc) is 3.55. The van der Waals surface area contributed by atoms with Gasteiger partial charge in [0.2, 0.25) is 0 Å². The van der Waals surface area contributed by atoms with Crippen molar-refractivity contribution in [1.29, 1.82) is 0 Å². The van der Waals surface area contributed by atoms with Crippen LogP contribution in [0.3, 0.4) is 0 Å². The maximum Gasteiger partial charge on any atom is 0.0682 e. The van der Waals surface area contributed by atoms with Crippen LogP contribution in [0.5, 0.6) is 0 Å². The molecule has 6 aromatic rings. The Bertz CT molecular complexity index is 1900. The summed E-state index contributed by atoms with van der Waals surface area (Å²) in [5.74, 6) is 0. The highest BCUT2D eigenvalue weighted by Gasteiger charge is 2.38. The van der Waals surface area contributed by atoms with Gasteiger partial charge in [0.05, 0.1) is 22.4 Å². The maximum atomic E-state index is 4.63. The summed E-state index contributed by atoms with van der Waals surface area (Å²) in [4.78, 5) is 4.63. The van der Waals surface area contributed by atoms with Crippen LogP contribution in [0.2, 0.25) is 0 Å². The van der Waals surface area contributed by atoms with E-state index < -0.39 is 0 Å². The van der Waals surface area contributed by atoms with Crippen LogP contribution < -0.4 is 0 Å². The van der Waals surface area contributed by atoms with Crippen molar-refractivity contribution in [3.05, 3.63) is 108 Å². The molecule has 0 atom stereocenters.